The van der Waals surface area contributed by atoms with E-state index in [9.17, 15) is 9.59 Å². The van der Waals surface area contributed by atoms with Crippen molar-refractivity contribution in [3.63, 3.8) is 0 Å². The molecule has 1 amide bonds. The van der Waals surface area contributed by atoms with Crippen LogP contribution in [0, 0.1) is 5.92 Å². The molecule has 0 saturated carbocycles. The van der Waals surface area contributed by atoms with Crippen LogP contribution in [0.1, 0.15) is 46.0 Å². The van der Waals surface area contributed by atoms with E-state index in [-0.39, 0.29) is 11.9 Å². The summed E-state index contributed by atoms with van der Waals surface area (Å²) in [6.45, 7) is 5.22. The van der Waals surface area contributed by atoms with Crippen LogP contribution in [0.3, 0.4) is 0 Å². The summed E-state index contributed by atoms with van der Waals surface area (Å²) in [5.41, 5.74) is 0.560. The molecular formula is C15H25NO3. The Labute approximate surface area is 115 Å². The van der Waals surface area contributed by atoms with Crippen molar-refractivity contribution in [2.45, 2.75) is 46.0 Å². The highest BCUT2D eigenvalue weighted by Crippen LogP contribution is 2.22. The fourth-order valence-corrected chi connectivity index (χ4v) is 2.47. The van der Waals surface area contributed by atoms with Gasteiger partial charge >= 0.3 is 5.97 Å². The summed E-state index contributed by atoms with van der Waals surface area (Å²) in [7, 11) is 1.37. The Kier molecular flexibility index (Phi) is 6.60. The van der Waals surface area contributed by atoms with Gasteiger partial charge in [0.1, 0.15) is 0 Å². The summed E-state index contributed by atoms with van der Waals surface area (Å²) in [4.78, 5) is 25.1. The first kappa shape index (κ1) is 15.7. The van der Waals surface area contributed by atoms with Crippen molar-refractivity contribution in [3.05, 3.63) is 11.6 Å². The third-order valence-electron chi connectivity index (χ3n) is 3.75. The minimum Gasteiger partial charge on any atom is -0.466 e. The quantitative estimate of drug-likeness (QED) is 0.568. The highest BCUT2D eigenvalue weighted by Gasteiger charge is 2.21. The lowest BCUT2D eigenvalue weighted by Gasteiger charge is -2.19. The van der Waals surface area contributed by atoms with Crippen molar-refractivity contribution in [3.8, 4) is 0 Å². The van der Waals surface area contributed by atoms with Gasteiger partial charge in [-0.05, 0) is 25.7 Å². The highest BCUT2D eigenvalue weighted by atomic mass is 16.5. The van der Waals surface area contributed by atoms with Crippen LogP contribution in [0.2, 0.25) is 0 Å². The third kappa shape index (κ3) is 5.05. The SMILES string of the molecule is CCCC1CCC(=O)N(CC=C(C)C(=O)OC)CC1. The van der Waals surface area contributed by atoms with Crippen LogP contribution in [0.15, 0.2) is 11.6 Å². The maximum Gasteiger partial charge on any atom is 0.333 e. The van der Waals surface area contributed by atoms with Gasteiger partial charge in [-0.2, -0.15) is 0 Å². The number of esters is 1. The molecule has 0 spiro atoms. The van der Waals surface area contributed by atoms with Gasteiger partial charge in [0, 0.05) is 25.1 Å². The summed E-state index contributed by atoms with van der Waals surface area (Å²) < 4.78 is 4.64. The molecule has 1 unspecified atom stereocenters. The maximum absolute atomic E-state index is 12.0. The Morgan fingerprint density at radius 1 is 1.47 bits per heavy atom. The van der Waals surface area contributed by atoms with Crippen molar-refractivity contribution in [1.29, 1.82) is 0 Å². The number of likely N-dealkylation sites (tertiary alicyclic amines) is 1. The van der Waals surface area contributed by atoms with E-state index in [1.807, 2.05) is 4.90 Å². The smallest absolute Gasteiger partial charge is 0.333 e. The number of ether oxygens (including phenoxy) is 1. The fourth-order valence-electron chi connectivity index (χ4n) is 2.47. The van der Waals surface area contributed by atoms with Gasteiger partial charge in [0.2, 0.25) is 5.91 Å². The van der Waals surface area contributed by atoms with E-state index >= 15 is 0 Å². The standard InChI is InChI=1S/C15H25NO3/c1-4-5-13-6-7-14(17)16(11-9-13)10-8-12(2)15(18)19-3/h8,13H,4-7,9-11H2,1-3H3. The number of carbonyl (C=O) groups excluding carboxylic acids is 2. The second-order valence-electron chi connectivity index (χ2n) is 5.20. The molecule has 4 heteroatoms. The van der Waals surface area contributed by atoms with E-state index in [1.54, 1.807) is 13.0 Å². The van der Waals surface area contributed by atoms with Crippen LogP contribution in [0.5, 0.6) is 0 Å². The molecule has 1 saturated heterocycles. The molecule has 0 aromatic carbocycles. The molecule has 1 atom stereocenters. The molecule has 1 heterocycles. The molecule has 108 valence electrons. The van der Waals surface area contributed by atoms with E-state index in [0.29, 0.717) is 24.5 Å². The summed E-state index contributed by atoms with van der Waals surface area (Å²) in [5.74, 6) is 0.545. The topological polar surface area (TPSA) is 46.6 Å². The number of methoxy groups -OCH3 is 1. The van der Waals surface area contributed by atoms with Crippen molar-refractivity contribution < 1.29 is 14.3 Å². The minimum atomic E-state index is -0.328. The number of amides is 1. The molecule has 0 aromatic rings. The molecule has 19 heavy (non-hydrogen) atoms. The molecule has 0 N–H and O–H groups in total. The Morgan fingerprint density at radius 2 is 2.21 bits per heavy atom. The van der Waals surface area contributed by atoms with Crippen LogP contribution >= 0.6 is 0 Å². The second kappa shape index (κ2) is 7.97. The normalized spacial score (nSPS) is 21.2. The summed E-state index contributed by atoms with van der Waals surface area (Å²) in [6, 6.07) is 0. The highest BCUT2D eigenvalue weighted by molar-refractivity contribution is 5.87. The zero-order valence-corrected chi connectivity index (χ0v) is 12.3. The molecule has 1 fully saturated rings. The molecule has 1 aliphatic rings. The average Bonchev–Trinajstić information content (AvgIpc) is 2.58. The summed E-state index contributed by atoms with van der Waals surface area (Å²) >= 11 is 0. The lowest BCUT2D eigenvalue weighted by Crippen LogP contribution is -2.30. The first-order valence-corrected chi connectivity index (χ1v) is 7.11. The number of rotatable bonds is 5. The molecule has 4 nitrogen and oxygen atoms in total. The lowest BCUT2D eigenvalue weighted by molar-refractivity contribution is -0.136. The van der Waals surface area contributed by atoms with Crippen molar-refractivity contribution in [1.82, 2.24) is 4.90 Å². The molecular weight excluding hydrogens is 242 g/mol. The monoisotopic (exact) mass is 267 g/mol. The zero-order valence-electron chi connectivity index (χ0n) is 12.3. The number of carbonyl (C=O) groups is 2. The van der Waals surface area contributed by atoms with Gasteiger partial charge in [-0.1, -0.05) is 25.8 Å². The Balaban J connectivity index is 2.53. The van der Waals surface area contributed by atoms with Gasteiger partial charge in [0.05, 0.1) is 7.11 Å². The van der Waals surface area contributed by atoms with Gasteiger partial charge < -0.3 is 9.64 Å². The van der Waals surface area contributed by atoms with Crippen molar-refractivity contribution >= 4 is 11.9 Å². The predicted octanol–water partition coefficient (Wildman–Crippen LogP) is 2.53. The number of hydrogen-bond acceptors (Lipinski definition) is 3. The average molecular weight is 267 g/mol. The van der Waals surface area contributed by atoms with Gasteiger partial charge in [0.25, 0.3) is 0 Å². The van der Waals surface area contributed by atoms with E-state index < -0.39 is 0 Å². The zero-order chi connectivity index (χ0) is 14.3. The van der Waals surface area contributed by atoms with E-state index in [4.69, 9.17) is 0 Å². The summed E-state index contributed by atoms with van der Waals surface area (Å²) in [6.07, 6.45) is 6.88. The number of hydrogen-bond donors (Lipinski definition) is 0. The van der Waals surface area contributed by atoms with E-state index in [2.05, 4.69) is 11.7 Å². The first-order valence-electron chi connectivity index (χ1n) is 7.11. The maximum atomic E-state index is 12.0. The van der Waals surface area contributed by atoms with Crippen LogP contribution in [0.4, 0.5) is 0 Å². The van der Waals surface area contributed by atoms with Crippen LogP contribution in [0.25, 0.3) is 0 Å². The Hall–Kier alpha value is -1.32. The first-order chi connectivity index (χ1) is 9.08. The fraction of sp³-hybridized carbons (Fsp3) is 0.733. The molecule has 1 aliphatic heterocycles. The molecule has 0 aliphatic carbocycles. The minimum absolute atomic E-state index is 0.201. The predicted molar refractivity (Wildman–Crippen MR) is 74.6 cm³/mol. The van der Waals surface area contributed by atoms with Crippen LogP contribution < -0.4 is 0 Å². The van der Waals surface area contributed by atoms with E-state index in [0.717, 1.165) is 19.4 Å². The molecule has 0 bridgehead atoms. The van der Waals surface area contributed by atoms with Gasteiger partial charge in [-0.3, -0.25) is 4.79 Å². The molecule has 1 rings (SSSR count). The second-order valence-corrected chi connectivity index (χ2v) is 5.20. The van der Waals surface area contributed by atoms with Gasteiger partial charge in [0.15, 0.2) is 0 Å². The Morgan fingerprint density at radius 3 is 2.84 bits per heavy atom. The molecule has 0 aromatic heterocycles. The lowest BCUT2D eigenvalue weighted by atomic mass is 9.96. The largest absolute Gasteiger partial charge is 0.466 e. The van der Waals surface area contributed by atoms with Crippen LogP contribution in [-0.2, 0) is 14.3 Å². The molecule has 0 radical (unpaired) electrons. The van der Waals surface area contributed by atoms with Gasteiger partial charge in [-0.25, -0.2) is 4.79 Å². The summed E-state index contributed by atoms with van der Waals surface area (Å²) in [5, 5.41) is 0. The third-order valence-corrected chi connectivity index (χ3v) is 3.75. The van der Waals surface area contributed by atoms with Crippen LogP contribution in [-0.4, -0.2) is 37.0 Å². The Bertz CT molecular complexity index is 349. The number of nitrogens with zero attached hydrogens (tertiary/aromatic N) is 1. The van der Waals surface area contributed by atoms with Gasteiger partial charge in [-0.15, -0.1) is 0 Å². The van der Waals surface area contributed by atoms with Crippen molar-refractivity contribution in [2.75, 3.05) is 20.2 Å². The van der Waals surface area contributed by atoms with E-state index in [1.165, 1.54) is 20.0 Å². The van der Waals surface area contributed by atoms with Crippen molar-refractivity contribution in [2.24, 2.45) is 5.92 Å².